The summed E-state index contributed by atoms with van der Waals surface area (Å²) in [6, 6.07) is 0. The number of aliphatic hydroxyl groups excluding tert-OH is 1. The van der Waals surface area contributed by atoms with Crippen LogP contribution in [-0.2, 0) is 0 Å². The minimum Gasteiger partial charge on any atom is -0.391 e. The molecule has 1 heterocycles. The number of aliphatic hydroxyl groups is 1. The molecular weight excluding hydrogens is 186 g/mol. The second-order valence-corrected chi connectivity index (χ2v) is 5.14. The zero-order valence-corrected chi connectivity index (χ0v) is 10.8. The number of hydrogen-bond acceptors (Lipinski definition) is 2. The molecule has 0 spiro atoms. The van der Waals surface area contributed by atoms with Crippen molar-refractivity contribution in [2.45, 2.75) is 71.4 Å². The van der Waals surface area contributed by atoms with Crippen molar-refractivity contribution in [2.75, 3.05) is 6.54 Å². The molecule has 1 aliphatic rings. The van der Waals surface area contributed by atoms with E-state index in [0.717, 1.165) is 38.6 Å². The molecule has 0 radical (unpaired) electrons. The summed E-state index contributed by atoms with van der Waals surface area (Å²) < 4.78 is 0. The van der Waals surface area contributed by atoms with Crippen LogP contribution in [0.1, 0.15) is 59.8 Å². The van der Waals surface area contributed by atoms with E-state index in [2.05, 4.69) is 33.0 Å². The molecular formula is C13H27NO. The Hall–Kier alpha value is -0.0800. The lowest BCUT2D eigenvalue weighted by Crippen LogP contribution is -2.62. The molecule has 2 N–H and O–H groups in total. The smallest absolute Gasteiger partial charge is 0.0727 e. The maximum Gasteiger partial charge on any atom is 0.0727 e. The predicted octanol–water partition coefficient (Wildman–Crippen LogP) is 2.71. The van der Waals surface area contributed by atoms with Gasteiger partial charge in [-0.05, 0) is 37.5 Å². The summed E-state index contributed by atoms with van der Waals surface area (Å²) >= 11 is 0. The quantitative estimate of drug-likeness (QED) is 0.752. The average Bonchev–Trinajstić information content (AvgIpc) is 2.29. The van der Waals surface area contributed by atoms with Gasteiger partial charge in [-0.15, -0.1) is 0 Å². The van der Waals surface area contributed by atoms with Crippen LogP contribution in [0.3, 0.4) is 0 Å². The molecule has 2 nitrogen and oxygen atoms in total. The lowest BCUT2D eigenvalue weighted by molar-refractivity contribution is -0.0335. The van der Waals surface area contributed by atoms with Crippen molar-refractivity contribution < 1.29 is 5.11 Å². The number of rotatable bonds is 4. The molecule has 0 aromatic rings. The van der Waals surface area contributed by atoms with E-state index in [0.29, 0.717) is 5.41 Å². The van der Waals surface area contributed by atoms with Crippen LogP contribution in [0.15, 0.2) is 0 Å². The number of hydrogen-bond donors (Lipinski definition) is 2. The first-order valence-corrected chi connectivity index (χ1v) is 6.51. The normalized spacial score (nSPS) is 29.0. The van der Waals surface area contributed by atoms with Crippen LogP contribution >= 0.6 is 0 Å². The average molecular weight is 213 g/mol. The molecule has 0 aromatic heterocycles. The third-order valence-corrected chi connectivity index (χ3v) is 4.84. The Balaban J connectivity index is 2.76. The van der Waals surface area contributed by atoms with Crippen molar-refractivity contribution in [3.05, 3.63) is 0 Å². The molecule has 15 heavy (non-hydrogen) atoms. The lowest BCUT2D eigenvalue weighted by atomic mass is 9.68. The molecule has 0 aliphatic carbocycles. The SMILES string of the molecule is CCC1(CC)CNC(CC)(CC)C(O)C1. The van der Waals surface area contributed by atoms with Crippen LogP contribution in [0.2, 0.25) is 0 Å². The van der Waals surface area contributed by atoms with Gasteiger partial charge in [0, 0.05) is 12.1 Å². The number of piperidine rings is 1. The molecule has 1 fully saturated rings. The van der Waals surface area contributed by atoms with E-state index >= 15 is 0 Å². The maximum absolute atomic E-state index is 10.4. The third-order valence-electron chi connectivity index (χ3n) is 4.84. The Kier molecular flexibility index (Phi) is 4.19. The molecule has 1 saturated heterocycles. The van der Waals surface area contributed by atoms with E-state index in [1.807, 2.05) is 0 Å². The largest absolute Gasteiger partial charge is 0.391 e. The Morgan fingerprint density at radius 2 is 1.60 bits per heavy atom. The molecule has 0 bridgehead atoms. The lowest BCUT2D eigenvalue weighted by Gasteiger charge is -2.50. The van der Waals surface area contributed by atoms with Gasteiger partial charge in [-0.1, -0.05) is 27.7 Å². The molecule has 1 rings (SSSR count). The van der Waals surface area contributed by atoms with E-state index in [1.54, 1.807) is 0 Å². The van der Waals surface area contributed by atoms with E-state index in [1.165, 1.54) is 0 Å². The fourth-order valence-corrected chi connectivity index (χ4v) is 2.92. The van der Waals surface area contributed by atoms with Crippen LogP contribution in [0.4, 0.5) is 0 Å². The Morgan fingerprint density at radius 1 is 1.07 bits per heavy atom. The van der Waals surface area contributed by atoms with Gasteiger partial charge in [0.2, 0.25) is 0 Å². The van der Waals surface area contributed by atoms with Crippen molar-refractivity contribution in [1.82, 2.24) is 5.32 Å². The van der Waals surface area contributed by atoms with Gasteiger partial charge < -0.3 is 10.4 Å². The summed E-state index contributed by atoms with van der Waals surface area (Å²) in [5, 5.41) is 14.0. The van der Waals surface area contributed by atoms with Crippen molar-refractivity contribution in [1.29, 1.82) is 0 Å². The zero-order valence-electron chi connectivity index (χ0n) is 10.8. The van der Waals surface area contributed by atoms with Crippen molar-refractivity contribution in [2.24, 2.45) is 5.41 Å². The third kappa shape index (κ3) is 2.21. The molecule has 0 saturated carbocycles. The zero-order chi connectivity index (χ0) is 11.5. The minimum atomic E-state index is -0.179. The Labute approximate surface area is 94.5 Å². The molecule has 1 atom stereocenters. The predicted molar refractivity (Wildman–Crippen MR) is 65.0 cm³/mol. The summed E-state index contributed by atoms with van der Waals surface area (Å²) in [7, 11) is 0. The van der Waals surface area contributed by atoms with Crippen molar-refractivity contribution >= 4 is 0 Å². The number of nitrogens with one attached hydrogen (secondary N) is 1. The molecule has 1 aliphatic heterocycles. The van der Waals surface area contributed by atoms with E-state index in [-0.39, 0.29) is 11.6 Å². The fourth-order valence-electron chi connectivity index (χ4n) is 2.92. The monoisotopic (exact) mass is 213 g/mol. The van der Waals surface area contributed by atoms with Gasteiger partial charge in [0.05, 0.1) is 6.10 Å². The fraction of sp³-hybridized carbons (Fsp3) is 1.00. The summed E-state index contributed by atoms with van der Waals surface area (Å²) in [5.41, 5.74) is 0.307. The molecule has 0 aromatic carbocycles. The van der Waals surface area contributed by atoms with Crippen molar-refractivity contribution in [3.63, 3.8) is 0 Å². The van der Waals surface area contributed by atoms with Gasteiger partial charge in [-0.25, -0.2) is 0 Å². The molecule has 90 valence electrons. The van der Waals surface area contributed by atoms with Crippen molar-refractivity contribution in [3.8, 4) is 0 Å². The summed E-state index contributed by atoms with van der Waals surface area (Å²) in [6.45, 7) is 9.89. The highest BCUT2D eigenvalue weighted by atomic mass is 16.3. The Bertz CT molecular complexity index is 195. The van der Waals surface area contributed by atoms with Crippen LogP contribution in [-0.4, -0.2) is 23.3 Å². The standard InChI is InChI=1S/C13H27NO/c1-5-12(6-2)9-11(15)13(7-3,8-4)14-10-12/h11,14-15H,5-10H2,1-4H3. The van der Waals surface area contributed by atoms with Crippen LogP contribution in [0.25, 0.3) is 0 Å². The van der Waals surface area contributed by atoms with E-state index < -0.39 is 0 Å². The second kappa shape index (κ2) is 4.84. The first-order chi connectivity index (χ1) is 7.08. The topological polar surface area (TPSA) is 32.3 Å². The summed E-state index contributed by atoms with van der Waals surface area (Å²) in [5.74, 6) is 0. The van der Waals surface area contributed by atoms with Gasteiger partial charge in [0.15, 0.2) is 0 Å². The van der Waals surface area contributed by atoms with Crippen LogP contribution < -0.4 is 5.32 Å². The van der Waals surface area contributed by atoms with Gasteiger partial charge >= 0.3 is 0 Å². The van der Waals surface area contributed by atoms with Crippen LogP contribution in [0, 0.1) is 5.41 Å². The molecule has 2 heteroatoms. The highest BCUT2D eigenvalue weighted by molar-refractivity contribution is 5.02. The first kappa shape index (κ1) is 13.0. The summed E-state index contributed by atoms with van der Waals surface area (Å²) in [6.07, 6.45) is 5.16. The summed E-state index contributed by atoms with van der Waals surface area (Å²) in [4.78, 5) is 0. The van der Waals surface area contributed by atoms with E-state index in [9.17, 15) is 5.11 Å². The highest BCUT2D eigenvalue weighted by Gasteiger charge is 2.44. The van der Waals surface area contributed by atoms with Gasteiger partial charge in [-0.3, -0.25) is 0 Å². The van der Waals surface area contributed by atoms with Gasteiger partial charge in [-0.2, -0.15) is 0 Å². The van der Waals surface area contributed by atoms with Gasteiger partial charge in [0.1, 0.15) is 0 Å². The van der Waals surface area contributed by atoms with Crippen LogP contribution in [0.5, 0.6) is 0 Å². The minimum absolute atomic E-state index is 0.0200. The first-order valence-electron chi connectivity index (χ1n) is 6.51. The second-order valence-electron chi connectivity index (χ2n) is 5.14. The molecule has 1 unspecified atom stereocenters. The molecule has 0 amide bonds. The Morgan fingerprint density at radius 3 is 1.93 bits per heavy atom. The van der Waals surface area contributed by atoms with E-state index in [4.69, 9.17) is 0 Å². The van der Waals surface area contributed by atoms with Gasteiger partial charge in [0.25, 0.3) is 0 Å². The highest BCUT2D eigenvalue weighted by Crippen LogP contribution is 2.40. The maximum atomic E-state index is 10.4.